The summed E-state index contributed by atoms with van der Waals surface area (Å²) in [7, 11) is 0. The third kappa shape index (κ3) is 1.30. The van der Waals surface area contributed by atoms with E-state index >= 15 is 0 Å². The van der Waals surface area contributed by atoms with Gasteiger partial charge >= 0.3 is 5.97 Å². The Labute approximate surface area is 92.5 Å². The topological polar surface area (TPSA) is 55.1 Å². The number of hydrogen-bond donors (Lipinski definition) is 1. The third-order valence-corrected chi connectivity index (χ3v) is 2.98. The van der Waals surface area contributed by atoms with Crippen LogP contribution in [0.3, 0.4) is 0 Å². The second kappa shape index (κ2) is 3.07. The SMILES string of the molecule is Cc1cnc2c(c1)c(C(=O)O)cn2C1CC1. The number of aromatic nitrogens is 2. The molecule has 0 radical (unpaired) electrons. The Bertz CT molecular complexity index is 582. The first kappa shape index (κ1) is 9.39. The van der Waals surface area contributed by atoms with Gasteiger partial charge in [0.05, 0.1) is 5.56 Å². The number of hydrogen-bond acceptors (Lipinski definition) is 2. The van der Waals surface area contributed by atoms with E-state index < -0.39 is 5.97 Å². The van der Waals surface area contributed by atoms with E-state index in [4.69, 9.17) is 5.11 Å². The number of pyridine rings is 1. The Kier molecular flexibility index (Phi) is 1.80. The molecule has 16 heavy (non-hydrogen) atoms. The van der Waals surface area contributed by atoms with Gasteiger partial charge < -0.3 is 9.67 Å². The molecule has 0 amide bonds. The molecule has 0 unspecified atom stereocenters. The summed E-state index contributed by atoms with van der Waals surface area (Å²) in [4.78, 5) is 15.5. The van der Waals surface area contributed by atoms with Crippen LogP contribution in [0.4, 0.5) is 0 Å². The van der Waals surface area contributed by atoms with Crippen molar-refractivity contribution < 1.29 is 9.90 Å². The highest BCUT2D eigenvalue weighted by Gasteiger charge is 2.27. The molecule has 1 aliphatic carbocycles. The Balaban J connectivity index is 2.32. The highest BCUT2D eigenvalue weighted by Crippen LogP contribution is 2.38. The molecular formula is C12H12N2O2. The lowest BCUT2D eigenvalue weighted by Crippen LogP contribution is -1.94. The quantitative estimate of drug-likeness (QED) is 0.838. The Morgan fingerprint density at radius 2 is 2.31 bits per heavy atom. The van der Waals surface area contributed by atoms with Crippen LogP contribution in [0, 0.1) is 6.92 Å². The molecule has 0 aliphatic heterocycles. The number of carboxylic acid groups (broad SMARTS) is 1. The van der Waals surface area contributed by atoms with Crippen molar-refractivity contribution in [3.63, 3.8) is 0 Å². The average molecular weight is 216 g/mol. The predicted octanol–water partition coefficient (Wildman–Crippen LogP) is 2.38. The fourth-order valence-corrected chi connectivity index (χ4v) is 2.04. The fourth-order valence-electron chi connectivity index (χ4n) is 2.04. The van der Waals surface area contributed by atoms with Crippen molar-refractivity contribution in [1.29, 1.82) is 0 Å². The standard InChI is InChI=1S/C12H12N2O2/c1-7-4-9-10(12(15)16)6-14(8-2-3-8)11(9)13-5-7/h4-6,8H,2-3H2,1H3,(H,15,16). The molecule has 1 N–H and O–H groups in total. The van der Waals surface area contributed by atoms with Crippen molar-refractivity contribution in [2.45, 2.75) is 25.8 Å². The highest BCUT2D eigenvalue weighted by molar-refractivity contribution is 6.02. The van der Waals surface area contributed by atoms with E-state index in [1.54, 1.807) is 12.4 Å². The van der Waals surface area contributed by atoms with Crippen molar-refractivity contribution in [2.24, 2.45) is 0 Å². The van der Waals surface area contributed by atoms with E-state index in [1.165, 1.54) is 0 Å². The number of carbonyl (C=O) groups is 1. The van der Waals surface area contributed by atoms with Crippen LogP contribution in [-0.2, 0) is 0 Å². The van der Waals surface area contributed by atoms with Crippen LogP contribution in [0.1, 0.15) is 34.8 Å². The minimum atomic E-state index is -0.878. The molecule has 0 atom stereocenters. The number of nitrogens with zero attached hydrogens (tertiary/aromatic N) is 2. The van der Waals surface area contributed by atoms with Crippen LogP contribution in [0.25, 0.3) is 11.0 Å². The molecule has 0 spiro atoms. The van der Waals surface area contributed by atoms with Crippen molar-refractivity contribution in [3.05, 3.63) is 29.6 Å². The van der Waals surface area contributed by atoms with E-state index in [9.17, 15) is 4.79 Å². The first-order valence-corrected chi connectivity index (χ1v) is 5.37. The van der Waals surface area contributed by atoms with Gasteiger partial charge in [-0.3, -0.25) is 0 Å². The lowest BCUT2D eigenvalue weighted by Gasteiger charge is -2.00. The molecule has 4 heteroatoms. The van der Waals surface area contributed by atoms with Gasteiger partial charge in [0, 0.05) is 23.8 Å². The second-order valence-corrected chi connectivity index (χ2v) is 4.37. The molecular weight excluding hydrogens is 204 g/mol. The predicted molar refractivity (Wildman–Crippen MR) is 59.7 cm³/mol. The molecule has 2 aromatic heterocycles. The van der Waals surface area contributed by atoms with Crippen molar-refractivity contribution in [1.82, 2.24) is 9.55 Å². The lowest BCUT2D eigenvalue weighted by molar-refractivity contribution is 0.0699. The van der Waals surface area contributed by atoms with Crippen LogP contribution in [0.2, 0.25) is 0 Å². The number of fused-ring (bicyclic) bond motifs is 1. The van der Waals surface area contributed by atoms with Gasteiger partial charge in [0.15, 0.2) is 0 Å². The largest absolute Gasteiger partial charge is 0.478 e. The molecule has 0 aromatic carbocycles. The molecule has 0 saturated heterocycles. The summed E-state index contributed by atoms with van der Waals surface area (Å²) in [6.45, 7) is 1.92. The zero-order valence-corrected chi connectivity index (χ0v) is 8.97. The maximum atomic E-state index is 11.1. The van der Waals surface area contributed by atoms with Gasteiger partial charge in [-0.2, -0.15) is 0 Å². The summed E-state index contributed by atoms with van der Waals surface area (Å²) >= 11 is 0. The summed E-state index contributed by atoms with van der Waals surface area (Å²) < 4.78 is 2.00. The zero-order valence-electron chi connectivity index (χ0n) is 8.97. The van der Waals surface area contributed by atoms with Gasteiger partial charge in [-0.05, 0) is 31.4 Å². The molecule has 4 nitrogen and oxygen atoms in total. The normalized spacial score (nSPS) is 15.6. The molecule has 2 aromatic rings. The maximum Gasteiger partial charge on any atom is 0.337 e. The van der Waals surface area contributed by atoms with Gasteiger partial charge in [0.1, 0.15) is 5.65 Å². The number of aryl methyl sites for hydroxylation is 1. The fraction of sp³-hybridized carbons (Fsp3) is 0.333. The minimum absolute atomic E-state index is 0.359. The van der Waals surface area contributed by atoms with Crippen molar-refractivity contribution in [2.75, 3.05) is 0 Å². The van der Waals surface area contributed by atoms with Gasteiger partial charge in [-0.15, -0.1) is 0 Å². The minimum Gasteiger partial charge on any atom is -0.478 e. The lowest BCUT2D eigenvalue weighted by atomic mass is 10.2. The Hall–Kier alpha value is -1.84. The number of carboxylic acids is 1. The Morgan fingerprint density at radius 1 is 1.56 bits per heavy atom. The smallest absolute Gasteiger partial charge is 0.337 e. The maximum absolute atomic E-state index is 11.1. The van der Waals surface area contributed by atoms with Crippen LogP contribution < -0.4 is 0 Å². The Morgan fingerprint density at radius 3 is 2.94 bits per heavy atom. The van der Waals surface area contributed by atoms with E-state index in [1.807, 2.05) is 17.6 Å². The van der Waals surface area contributed by atoms with E-state index in [2.05, 4.69) is 4.98 Å². The first-order chi connectivity index (χ1) is 7.66. The summed E-state index contributed by atoms with van der Waals surface area (Å²) in [5, 5.41) is 9.90. The van der Waals surface area contributed by atoms with Crippen LogP contribution in [-0.4, -0.2) is 20.6 Å². The molecule has 2 heterocycles. The monoisotopic (exact) mass is 216 g/mol. The van der Waals surface area contributed by atoms with Crippen LogP contribution in [0.15, 0.2) is 18.5 Å². The van der Waals surface area contributed by atoms with Gasteiger partial charge in [0.2, 0.25) is 0 Å². The van der Waals surface area contributed by atoms with Gasteiger partial charge in [0.25, 0.3) is 0 Å². The molecule has 1 fully saturated rings. The molecule has 82 valence electrons. The van der Waals surface area contributed by atoms with E-state index in [0.717, 1.165) is 29.4 Å². The summed E-state index contributed by atoms with van der Waals surface area (Å²) in [6, 6.07) is 2.34. The third-order valence-electron chi connectivity index (χ3n) is 2.98. The molecule has 1 aliphatic rings. The van der Waals surface area contributed by atoms with Crippen molar-refractivity contribution >= 4 is 17.0 Å². The molecule has 3 rings (SSSR count). The number of aromatic carboxylic acids is 1. The second-order valence-electron chi connectivity index (χ2n) is 4.37. The summed E-state index contributed by atoms with van der Waals surface area (Å²) in [5.74, 6) is -0.878. The summed E-state index contributed by atoms with van der Waals surface area (Å²) in [5.41, 5.74) is 2.15. The average Bonchev–Trinajstić information content (AvgIpc) is 2.99. The van der Waals surface area contributed by atoms with Gasteiger partial charge in [-0.1, -0.05) is 0 Å². The first-order valence-electron chi connectivity index (χ1n) is 5.37. The van der Waals surface area contributed by atoms with Crippen molar-refractivity contribution in [3.8, 4) is 0 Å². The molecule has 0 bridgehead atoms. The van der Waals surface area contributed by atoms with Crippen LogP contribution in [0.5, 0.6) is 0 Å². The zero-order chi connectivity index (χ0) is 11.3. The van der Waals surface area contributed by atoms with Gasteiger partial charge in [-0.25, -0.2) is 9.78 Å². The molecule has 1 saturated carbocycles. The number of rotatable bonds is 2. The van der Waals surface area contributed by atoms with Crippen LogP contribution >= 0.6 is 0 Å². The van der Waals surface area contributed by atoms with E-state index in [-0.39, 0.29) is 0 Å². The summed E-state index contributed by atoms with van der Waals surface area (Å²) in [6.07, 6.45) is 5.75. The highest BCUT2D eigenvalue weighted by atomic mass is 16.4. The van der Waals surface area contributed by atoms with E-state index in [0.29, 0.717) is 11.6 Å².